The maximum absolute atomic E-state index is 9.15. The van der Waals surface area contributed by atoms with Crippen LogP contribution in [0, 0.1) is 0 Å². The van der Waals surface area contributed by atoms with Gasteiger partial charge in [-0.25, -0.2) is 4.98 Å². The van der Waals surface area contributed by atoms with Crippen molar-refractivity contribution in [3.8, 4) is 11.1 Å². The summed E-state index contributed by atoms with van der Waals surface area (Å²) in [7, 11) is 0. The van der Waals surface area contributed by atoms with Gasteiger partial charge < -0.3 is 5.11 Å². The van der Waals surface area contributed by atoms with Gasteiger partial charge in [-0.2, -0.15) is 0 Å². The number of pyridine rings is 1. The van der Waals surface area contributed by atoms with Gasteiger partial charge >= 0.3 is 0 Å². The minimum atomic E-state index is -0.186. The van der Waals surface area contributed by atoms with Crippen molar-refractivity contribution < 1.29 is 5.11 Å². The molecule has 0 aliphatic heterocycles. The molecule has 0 saturated carbocycles. The molecule has 0 atom stereocenters. The van der Waals surface area contributed by atoms with Crippen LogP contribution in [0.1, 0.15) is 5.56 Å². The van der Waals surface area contributed by atoms with E-state index >= 15 is 0 Å². The normalized spacial score (nSPS) is 10.7. The third-order valence-corrected chi connectivity index (χ3v) is 3.94. The Kier molecular flexibility index (Phi) is 4.36. The summed E-state index contributed by atoms with van der Waals surface area (Å²) in [6, 6.07) is 5.09. The van der Waals surface area contributed by atoms with Crippen molar-refractivity contribution in [1.82, 2.24) is 4.98 Å². The summed E-state index contributed by atoms with van der Waals surface area (Å²) in [6.45, 7) is -0.186. The molecule has 94 valence electrons. The molecule has 0 aliphatic rings. The van der Waals surface area contributed by atoms with Crippen LogP contribution in [0.4, 0.5) is 0 Å². The van der Waals surface area contributed by atoms with Crippen LogP contribution >= 0.6 is 46.4 Å². The third-order valence-electron chi connectivity index (χ3n) is 2.40. The van der Waals surface area contributed by atoms with E-state index in [9.17, 15) is 0 Å². The van der Waals surface area contributed by atoms with Crippen LogP contribution in [-0.2, 0) is 6.61 Å². The van der Waals surface area contributed by atoms with Crippen LogP contribution in [0.5, 0.6) is 0 Å². The van der Waals surface area contributed by atoms with Gasteiger partial charge in [-0.3, -0.25) is 0 Å². The van der Waals surface area contributed by atoms with Gasteiger partial charge in [0.2, 0.25) is 0 Å². The highest BCUT2D eigenvalue weighted by Gasteiger charge is 2.09. The van der Waals surface area contributed by atoms with Crippen LogP contribution in [0.3, 0.4) is 0 Å². The Morgan fingerprint density at radius 3 is 2.11 bits per heavy atom. The predicted octanol–water partition coefficient (Wildman–Crippen LogP) is 4.85. The summed E-state index contributed by atoms with van der Waals surface area (Å²) in [5.74, 6) is 0. The van der Waals surface area contributed by atoms with E-state index in [-0.39, 0.29) is 11.8 Å². The zero-order valence-corrected chi connectivity index (χ0v) is 11.9. The zero-order valence-electron chi connectivity index (χ0n) is 8.92. The quantitative estimate of drug-likeness (QED) is 0.633. The molecular weight excluding hydrogens is 316 g/mol. The largest absolute Gasteiger partial charge is 0.392 e. The van der Waals surface area contributed by atoms with E-state index in [0.717, 1.165) is 11.1 Å². The molecule has 0 amide bonds. The van der Waals surface area contributed by atoms with Crippen molar-refractivity contribution in [2.45, 2.75) is 6.61 Å². The number of aliphatic hydroxyl groups excluding tert-OH is 1. The Morgan fingerprint density at radius 1 is 0.944 bits per heavy atom. The average Bonchev–Trinajstić information content (AvgIpc) is 2.36. The molecular formula is C12H7Cl4NO. The SMILES string of the molecule is OCc1cc(-c2cc(Cl)c(Cl)c(Cl)c2)cnc1Cl. The Balaban J connectivity index is 2.55. The van der Waals surface area contributed by atoms with E-state index in [0.29, 0.717) is 20.6 Å². The summed E-state index contributed by atoms with van der Waals surface area (Å²) >= 11 is 23.6. The van der Waals surface area contributed by atoms with Crippen LogP contribution in [0.25, 0.3) is 11.1 Å². The summed E-state index contributed by atoms with van der Waals surface area (Å²) in [6.07, 6.45) is 1.58. The van der Waals surface area contributed by atoms with Crippen molar-refractivity contribution in [1.29, 1.82) is 0 Å². The number of halogens is 4. The molecule has 0 aliphatic carbocycles. The van der Waals surface area contributed by atoms with Gasteiger partial charge in [0.1, 0.15) is 5.15 Å². The molecule has 2 aromatic rings. The molecule has 1 aromatic carbocycles. The molecule has 0 bridgehead atoms. The second-order valence-corrected chi connectivity index (χ2v) is 5.14. The van der Waals surface area contributed by atoms with Gasteiger partial charge in [-0.05, 0) is 23.8 Å². The first kappa shape index (κ1) is 13.9. The average molecular weight is 323 g/mol. The smallest absolute Gasteiger partial charge is 0.134 e. The maximum atomic E-state index is 9.15. The highest BCUT2D eigenvalue weighted by atomic mass is 35.5. The molecule has 6 heteroatoms. The van der Waals surface area contributed by atoms with E-state index < -0.39 is 0 Å². The Labute approximate surface area is 124 Å². The molecule has 18 heavy (non-hydrogen) atoms. The topological polar surface area (TPSA) is 33.1 Å². The summed E-state index contributed by atoms with van der Waals surface area (Å²) in [5.41, 5.74) is 2.05. The molecule has 1 aromatic heterocycles. The van der Waals surface area contributed by atoms with E-state index in [1.807, 2.05) is 0 Å². The molecule has 0 unspecified atom stereocenters. The lowest BCUT2D eigenvalue weighted by molar-refractivity contribution is 0.281. The van der Waals surface area contributed by atoms with Crippen molar-refractivity contribution >= 4 is 46.4 Å². The van der Waals surface area contributed by atoms with Crippen molar-refractivity contribution in [3.05, 3.63) is 50.2 Å². The molecule has 0 radical (unpaired) electrons. The number of aromatic nitrogens is 1. The lowest BCUT2D eigenvalue weighted by Crippen LogP contribution is -1.90. The van der Waals surface area contributed by atoms with Gasteiger partial charge in [0.05, 0.1) is 21.7 Å². The third kappa shape index (κ3) is 2.73. The fourth-order valence-electron chi connectivity index (χ4n) is 1.48. The van der Waals surface area contributed by atoms with Gasteiger partial charge in [0.15, 0.2) is 0 Å². The number of hydrogen-bond acceptors (Lipinski definition) is 2. The number of hydrogen-bond donors (Lipinski definition) is 1. The standard InChI is InChI=1S/C12H7Cl4NO/c13-9-2-6(3-10(14)11(9)15)7-1-8(5-18)12(16)17-4-7/h1-4,18H,5H2. The maximum Gasteiger partial charge on any atom is 0.134 e. The Morgan fingerprint density at radius 2 is 1.56 bits per heavy atom. The minimum Gasteiger partial charge on any atom is -0.392 e. The van der Waals surface area contributed by atoms with E-state index in [2.05, 4.69) is 4.98 Å². The molecule has 2 rings (SSSR count). The lowest BCUT2D eigenvalue weighted by Gasteiger charge is -2.07. The first-order valence-corrected chi connectivity index (χ1v) is 6.44. The molecule has 1 heterocycles. The monoisotopic (exact) mass is 321 g/mol. The van der Waals surface area contributed by atoms with E-state index in [4.69, 9.17) is 51.5 Å². The van der Waals surface area contributed by atoms with Crippen molar-refractivity contribution in [3.63, 3.8) is 0 Å². The molecule has 0 fully saturated rings. The minimum absolute atomic E-state index is 0.186. The van der Waals surface area contributed by atoms with Crippen molar-refractivity contribution in [2.24, 2.45) is 0 Å². The fourth-order valence-corrected chi connectivity index (χ4v) is 2.24. The van der Waals surface area contributed by atoms with Crippen LogP contribution in [0.2, 0.25) is 20.2 Å². The number of rotatable bonds is 2. The second kappa shape index (κ2) is 5.64. The first-order chi connectivity index (χ1) is 8.52. The Hall–Kier alpha value is -0.510. The summed E-state index contributed by atoms with van der Waals surface area (Å²) < 4.78 is 0. The molecule has 0 saturated heterocycles. The van der Waals surface area contributed by atoms with Gasteiger partial charge in [0, 0.05) is 17.3 Å². The van der Waals surface area contributed by atoms with Crippen LogP contribution in [-0.4, -0.2) is 10.1 Å². The molecule has 2 nitrogen and oxygen atoms in total. The van der Waals surface area contributed by atoms with E-state index in [1.54, 1.807) is 24.4 Å². The summed E-state index contributed by atoms with van der Waals surface area (Å²) in [4.78, 5) is 3.99. The Bertz CT molecular complexity index is 578. The van der Waals surface area contributed by atoms with Gasteiger partial charge in [-0.1, -0.05) is 46.4 Å². The summed E-state index contributed by atoms with van der Waals surface area (Å²) in [5, 5.41) is 10.4. The van der Waals surface area contributed by atoms with Crippen molar-refractivity contribution in [2.75, 3.05) is 0 Å². The van der Waals surface area contributed by atoms with Gasteiger partial charge in [0.25, 0.3) is 0 Å². The number of benzene rings is 1. The second-order valence-electron chi connectivity index (χ2n) is 3.59. The number of nitrogens with zero attached hydrogens (tertiary/aromatic N) is 1. The van der Waals surface area contributed by atoms with Crippen LogP contribution in [0.15, 0.2) is 24.4 Å². The number of aliphatic hydroxyl groups is 1. The molecule has 1 N–H and O–H groups in total. The highest BCUT2D eigenvalue weighted by molar-refractivity contribution is 6.48. The van der Waals surface area contributed by atoms with Crippen LogP contribution < -0.4 is 0 Å². The molecule has 0 spiro atoms. The van der Waals surface area contributed by atoms with Gasteiger partial charge in [-0.15, -0.1) is 0 Å². The fraction of sp³-hybridized carbons (Fsp3) is 0.0833. The highest BCUT2D eigenvalue weighted by Crippen LogP contribution is 2.35. The predicted molar refractivity (Wildman–Crippen MR) is 75.6 cm³/mol. The van der Waals surface area contributed by atoms with E-state index in [1.165, 1.54) is 0 Å². The first-order valence-electron chi connectivity index (χ1n) is 4.93. The zero-order chi connectivity index (χ0) is 13.3. The lowest BCUT2D eigenvalue weighted by atomic mass is 10.1.